The fourth-order valence-electron chi connectivity index (χ4n) is 4.86. The zero-order valence-corrected chi connectivity index (χ0v) is 24.9. The molecule has 1 unspecified atom stereocenters. The lowest BCUT2D eigenvalue weighted by atomic mass is 10.1. The SMILES string of the molecule is CN(C)c1ccc(CNC(=O)C2CN(C(=O)CN3CCCCC3)CCN2S(=O)(=O)c2ccc(I)cc2)cc1. The van der Waals surface area contributed by atoms with Gasteiger partial charge in [0, 0.05) is 49.5 Å². The number of nitrogens with zero attached hydrogens (tertiary/aromatic N) is 4. The summed E-state index contributed by atoms with van der Waals surface area (Å²) >= 11 is 2.12. The number of carbonyl (C=O) groups excluding carboxylic acids is 2. The maximum atomic E-state index is 13.6. The van der Waals surface area contributed by atoms with Crippen LogP contribution in [0.1, 0.15) is 24.8 Å². The molecule has 1 atom stereocenters. The topological polar surface area (TPSA) is 93.3 Å². The van der Waals surface area contributed by atoms with E-state index in [1.54, 1.807) is 29.2 Å². The predicted octanol–water partition coefficient (Wildman–Crippen LogP) is 2.36. The van der Waals surface area contributed by atoms with Crippen LogP contribution in [0.15, 0.2) is 53.4 Å². The van der Waals surface area contributed by atoms with Gasteiger partial charge in [-0.05, 0) is 90.5 Å². The molecule has 2 aliphatic rings. The van der Waals surface area contributed by atoms with Crippen LogP contribution < -0.4 is 10.2 Å². The van der Waals surface area contributed by atoms with Crippen LogP contribution in [0.5, 0.6) is 0 Å². The first kappa shape index (κ1) is 28.8. The molecule has 0 aromatic heterocycles. The normalized spacial score (nSPS) is 19.2. The summed E-state index contributed by atoms with van der Waals surface area (Å²) < 4.78 is 29.4. The Bertz CT molecular complexity index is 1220. The van der Waals surface area contributed by atoms with Gasteiger partial charge < -0.3 is 15.1 Å². The molecule has 1 N–H and O–H groups in total. The molecule has 2 aliphatic heterocycles. The number of piperazine rings is 1. The number of benzene rings is 2. The minimum atomic E-state index is -3.93. The monoisotopic (exact) mass is 653 g/mol. The molecule has 0 bridgehead atoms. The standard InChI is InChI=1S/C27H36IN5O4S/c1-30(2)23-10-6-21(7-11-23)18-29-27(35)25-19-32(26(34)20-31-14-4-3-5-15-31)16-17-33(25)38(36,37)24-12-8-22(28)9-13-24/h6-13,25H,3-5,14-20H2,1-2H3,(H,29,35). The van der Waals surface area contributed by atoms with Gasteiger partial charge in [0.25, 0.3) is 0 Å². The number of anilines is 1. The maximum absolute atomic E-state index is 13.6. The molecule has 2 amide bonds. The number of carbonyl (C=O) groups is 2. The Morgan fingerprint density at radius 3 is 2.24 bits per heavy atom. The first-order valence-electron chi connectivity index (χ1n) is 13.0. The Balaban J connectivity index is 1.51. The second kappa shape index (κ2) is 12.8. The van der Waals surface area contributed by atoms with Gasteiger partial charge in [0.15, 0.2) is 0 Å². The van der Waals surface area contributed by atoms with Crippen molar-refractivity contribution in [3.8, 4) is 0 Å². The molecule has 0 spiro atoms. The molecule has 0 aliphatic carbocycles. The summed E-state index contributed by atoms with van der Waals surface area (Å²) in [5.41, 5.74) is 1.95. The molecule has 11 heteroatoms. The van der Waals surface area contributed by atoms with Crippen molar-refractivity contribution in [1.82, 2.24) is 19.4 Å². The van der Waals surface area contributed by atoms with Gasteiger partial charge in [0.05, 0.1) is 11.4 Å². The third-order valence-electron chi connectivity index (χ3n) is 7.13. The number of nitrogens with one attached hydrogen (secondary N) is 1. The highest BCUT2D eigenvalue weighted by Crippen LogP contribution is 2.23. The largest absolute Gasteiger partial charge is 0.378 e. The van der Waals surface area contributed by atoms with E-state index in [-0.39, 0.29) is 37.0 Å². The van der Waals surface area contributed by atoms with Crippen LogP contribution in [0.4, 0.5) is 5.69 Å². The number of amides is 2. The van der Waals surface area contributed by atoms with Gasteiger partial charge in [-0.1, -0.05) is 18.6 Å². The molecule has 2 heterocycles. The molecule has 2 aromatic rings. The van der Waals surface area contributed by atoms with Gasteiger partial charge >= 0.3 is 0 Å². The highest BCUT2D eigenvalue weighted by Gasteiger charge is 2.41. The number of sulfonamides is 1. The number of piperidine rings is 1. The molecule has 2 aromatic carbocycles. The smallest absolute Gasteiger partial charge is 0.243 e. The Kier molecular flexibility index (Phi) is 9.66. The van der Waals surface area contributed by atoms with E-state index in [1.165, 1.54) is 10.7 Å². The zero-order chi connectivity index (χ0) is 27.3. The van der Waals surface area contributed by atoms with Gasteiger partial charge in [-0.3, -0.25) is 14.5 Å². The number of likely N-dealkylation sites (tertiary alicyclic amines) is 1. The molecule has 38 heavy (non-hydrogen) atoms. The molecular weight excluding hydrogens is 617 g/mol. The molecule has 0 radical (unpaired) electrons. The number of hydrogen-bond acceptors (Lipinski definition) is 6. The first-order valence-corrected chi connectivity index (χ1v) is 15.5. The fourth-order valence-corrected chi connectivity index (χ4v) is 6.79. The van der Waals surface area contributed by atoms with E-state index >= 15 is 0 Å². The summed E-state index contributed by atoms with van der Waals surface area (Å²) in [5.74, 6) is -0.471. The van der Waals surface area contributed by atoms with Crippen molar-refractivity contribution < 1.29 is 18.0 Å². The average Bonchev–Trinajstić information content (AvgIpc) is 2.92. The lowest BCUT2D eigenvalue weighted by Gasteiger charge is -2.40. The molecule has 9 nitrogen and oxygen atoms in total. The zero-order valence-electron chi connectivity index (χ0n) is 22.0. The summed E-state index contributed by atoms with van der Waals surface area (Å²) in [6.07, 6.45) is 3.34. The van der Waals surface area contributed by atoms with Crippen LogP contribution in [-0.4, -0.2) is 93.7 Å². The highest BCUT2D eigenvalue weighted by atomic mass is 127. The predicted molar refractivity (Wildman–Crippen MR) is 156 cm³/mol. The van der Waals surface area contributed by atoms with Crippen molar-refractivity contribution in [2.45, 2.75) is 36.7 Å². The lowest BCUT2D eigenvalue weighted by molar-refractivity contribution is -0.137. The number of rotatable bonds is 8. The number of halogens is 1. The minimum Gasteiger partial charge on any atom is -0.378 e. The Labute approximate surface area is 239 Å². The molecule has 0 saturated carbocycles. The van der Waals surface area contributed by atoms with Crippen molar-refractivity contribution >= 4 is 50.1 Å². The summed E-state index contributed by atoms with van der Waals surface area (Å²) in [6, 6.07) is 13.4. The van der Waals surface area contributed by atoms with Gasteiger partial charge in [-0.25, -0.2) is 8.42 Å². The van der Waals surface area contributed by atoms with E-state index in [1.807, 2.05) is 43.3 Å². The molecule has 206 valence electrons. The van der Waals surface area contributed by atoms with Crippen LogP contribution >= 0.6 is 22.6 Å². The Hall–Kier alpha value is -2.22. The van der Waals surface area contributed by atoms with Gasteiger partial charge in [-0.15, -0.1) is 0 Å². The van der Waals surface area contributed by atoms with Crippen molar-refractivity contribution in [2.24, 2.45) is 0 Å². The van der Waals surface area contributed by atoms with E-state index in [0.29, 0.717) is 6.54 Å². The highest BCUT2D eigenvalue weighted by molar-refractivity contribution is 14.1. The van der Waals surface area contributed by atoms with Crippen LogP contribution in [0.3, 0.4) is 0 Å². The number of hydrogen-bond donors (Lipinski definition) is 1. The Morgan fingerprint density at radius 1 is 0.947 bits per heavy atom. The fraction of sp³-hybridized carbons (Fsp3) is 0.481. The van der Waals surface area contributed by atoms with Gasteiger partial charge in [0.1, 0.15) is 6.04 Å². The minimum absolute atomic E-state index is 0.0294. The molecule has 2 saturated heterocycles. The molecule has 2 fully saturated rings. The van der Waals surface area contributed by atoms with Crippen LogP contribution in [0.2, 0.25) is 0 Å². The van der Waals surface area contributed by atoms with Crippen LogP contribution in [0.25, 0.3) is 0 Å². The van der Waals surface area contributed by atoms with Gasteiger partial charge in [0.2, 0.25) is 21.8 Å². The second-order valence-electron chi connectivity index (χ2n) is 10.0. The third-order valence-corrected chi connectivity index (χ3v) is 9.78. The second-order valence-corrected chi connectivity index (χ2v) is 13.2. The van der Waals surface area contributed by atoms with E-state index in [2.05, 4.69) is 32.8 Å². The molecule has 4 rings (SSSR count). The van der Waals surface area contributed by atoms with E-state index in [9.17, 15) is 18.0 Å². The average molecular weight is 654 g/mol. The quantitative estimate of drug-likeness (QED) is 0.440. The first-order chi connectivity index (χ1) is 18.1. The van der Waals surface area contributed by atoms with E-state index in [4.69, 9.17) is 0 Å². The van der Waals surface area contributed by atoms with Crippen LogP contribution in [0, 0.1) is 3.57 Å². The van der Waals surface area contributed by atoms with Gasteiger partial charge in [-0.2, -0.15) is 4.31 Å². The maximum Gasteiger partial charge on any atom is 0.243 e. The van der Waals surface area contributed by atoms with Crippen molar-refractivity contribution in [1.29, 1.82) is 0 Å². The van der Waals surface area contributed by atoms with Crippen molar-refractivity contribution in [2.75, 3.05) is 58.3 Å². The summed E-state index contributed by atoms with van der Waals surface area (Å²) in [6.45, 7) is 2.70. The Morgan fingerprint density at radius 2 is 1.61 bits per heavy atom. The van der Waals surface area contributed by atoms with Crippen molar-refractivity contribution in [3.05, 3.63) is 57.7 Å². The summed E-state index contributed by atoms with van der Waals surface area (Å²) in [4.78, 5) is 32.5. The molecular formula is C27H36IN5O4S. The summed E-state index contributed by atoms with van der Waals surface area (Å²) in [5, 5.41) is 2.91. The van der Waals surface area contributed by atoms with E-state index < -0.39 is 22.0 Å². The van der Waals surface area contributed by atoms with E-state index in [0.717, 1.165) is 40.8 Å². The lowest BCUT2D eigenvalue weighted by Crippen LogP contribution is -2.62. The van der Waals surface area contributed by atoms with Crippen LogP contribution in [-0.2, 0) is 26.2 Å². The van der Waals surface area contributed by atoms with Crippen molar-refractivity contribution in [3.63, 3.8) is 0 Å². The third kappa shape index (κ3) is 7.04. The summed E-state index contributed by atoms with van der Waals surface area (Å²) in [7, 11) is -0.0138.